The van der Waals surface area contributed by atoms with Gasteiger partial charge in [-0.2, -0.15) is 0 Å². The van der Waals surface area contributed by atoms with Gasteiger partial charge in [0.25, 0.3) is 0 Å². The summed E-state index contributed by atoms with van der Waals surface area (Å²) in [7, 11) is 0. The maximum atomic E-state index is 10.2. The van der Waals surface area contributed by atoms with E-state index in [1.165, 1.54) is 0 Å². The predicted molar refractivity (Wildman–Crippen MR) is 40.1 cm³/mol. The summed E-state index contributed by atoms with van der Waals surface area (Å²) in [6, 6.07) is -0.843. The molecule has 0 bridgehead atoms. The van der Waals surface area contributed by atoms with Gasteiger partial charge in [-0.1, -0.05) is 6.92 Å². The van der Waals surface area contributed by atoms with Gasteiger partial charge in [-0.25, -0.2) is 0 Å². The summed E-state index contributed by atoms with van der Waals surface area (Å²) in [4.78, 5) is 20.2. The van der Waals surface area contributed by atoms with Crippen LogP contribution in [0, 0.1) is 5.92 Å². The molecule has 2 atom stereocenters. The van der Waals surface area contributed by atoms with Crippen molar-refractivity contribution < 1.29 is 14.7 Å². The Bertz CT molecular complexity index is 147. The molecule has 0 aromatic carbocycles. The minimum atomic E-state index is -1.01. The average molecular weight is 159 g/mol. The molecule has 0 amide bonds. The molecule has 3 N–H and O–H groups in total. The number of carboxylic acids is 1. The fraction of sp³-hybridized carbons (Fsp3) is 0.714. The number of hydrogen-bond donors (Lipinski definition) is 2. The molecule has 0 saturated heterocycles. The molecule has 64 valence electrons. The highest BCUT2D eigenvalue weighted by atomic mass is 16.4. The van der Waals surface area contributed by atoms with Crippen molar-refractivity contribution in [3.63, 3.8) is 0 Å². The molecule has 0 aliphatic carbocycles. The first-order chi connectivity index (χ1) is 5.07. The summed E-state index contributed by atoms with van der Waals surface area (Å²) >= 11 is 0. The minimum Gasteiger partial charge on any atom is -0.480 e. The van der Waals surface area contributed by atoms with Crippen molar-refractivity contribution in [2.45, 2.75) is 25.8 Å². The molecule has 0 fully saturated rings. The third kappa shape index (κ3) is 4.50. The minimum absolute atomic E-state index is 0.0543. The van der Waals surface area contributed by atoms with Crippen molar-refractivity contribution in [3.8, 4) is 0 Å². The van der Waals surface area contributed by atoms with Gasteiger partial charge < -0.3 is 15.6 Å². The molecule has 0 aliphatic rings. The Kier molecular flexibility index (Phi) is 4.45. The first-order valence-electron chi connectivity index (χ1n) is 3.50. The number of aldehydes is 1. The van der Waals surface area contributed by atoms with Gasteiger partial charge in [0.15, 0.2) is 0 Å². The highest BCUT2D eigenvalue weighted by Crippen LogP contribution is 2.07. The quantitative estimate of drug-likeness (QED) is 0.554. The first kappa shape index (κ1) is 10.1. The van der Waals surface area contributed by atoms with Crippen molar-refractivity contribution in [1.29, 1.82) is 0 Å². The zero-order valence-electron chi connectivity index (χ0n) is 6.49. The lowest BCUT2D eigenvalue weighted by atomic mass is 10.00. The van der Waals surface area contributed by atoms with E-state index >= 15 is 0 Å². The van der Waals surface area contributed by atoms with E-state index in [4.69, 9.17) is 10.8 Å². The number of hydrogen-bond acceptors (Lipinski definition) is 3. The van der Waals surface area contributed by atoms with E-state index in [2.05, 4.69) is 0 Å². The van der Waals surface area contributed by atoms with Crippen LogP contribution in [0.25, 0.3) is 0 Å². The number of rotatable bonds is 5. The van der Waals surface area contributed by atoms with Gasteiger partial charge in [0, 0.05) is 6.42 Å². The second-order valence-electron chi connectivity index (χ2n) is 2.69. The topological polar surface area (TPSA) is 80.4 Å². The molecule has 2 unspecified atom stereocenters. The number of nitrogens with two attached hydrogens (primary N) is 1. The van der Waals surface area contributed by atoms with E-state index < -0.39 is 12.0 Å². The van der Waals surface area contributed by atoms with Gasteiger partial charge in [-0.05, 0) is 12.3 Å². The summed E-state index contributed by atoms with van der Waals surface area (Å²) in [5.74, 6) is -0.957. The van der Waals surface area contributed by atoms with Gasteiger partial charge >= 0.3 is 5.97 Å². The lowest BCUT2D eigenvalue weighted by Gasteiger charge is -2.10. The van der Waals surface area contributed by atoms with Crippen molar-refractivity contribution in [2.75, 3.05) is 0 Å². The van der Waals surface area contributed by atoms with Crippen LogP contribution in [-0.2, 0) is 9.59 Å². The zero-order valence-corrected chi connectivity index (χ0v) is 6.49. The maximum Gasteiger partial charge on any atom is 0.320 e. The third-order valence-corrected chi connectivity index (χ3v) is 1.47. The Hall–Kier alpha value is -0.900. The van der Waals surface area contributed by atoms with Crippen molar-refractivity contribution in [2.24, 2.45) is 11.7 Å². The molecule has 0 heterocycles. The highest BCUT2D eigenvalue weighted by Gasteiger charge is 2.14. The fourth-order valence-electron chi connectivity index (χ4n) is 0.795. The summed E-state index contributed by atoms with van der Waals surface area (Å²) < 4.78 is 0. The standard InChI is InChI=1S/C7H13NO3/c1-5(2-3-9)4-6(8)7(10)11/h3,5-6H,2,4,8H2,1H3,(H,10,11). The van der Waals surface area contributed by atoms with Crippen molar-refractivity contribution in [1.82, 2.24) is 0 Å². The van der Waals surface area contributed by atoms with E-state index in [1.807, 2.05) is 0 Å². The van der Waals surface area contributed by atoms with Gasteiger partial charge in [0.2, 0.25) is 0 Å². The largest absolute Gasteiger partial charge is 0.480 e. The first-order valence-corrected chi connectivity index (χ1v) is 3.50. The maximum absolute atomic E-state index is 10.2. The van der Waals surface area contributed by atoms with E-state index in [0.717, 1.165) is 6.29 Å². The Morgan fingerprint density at radius 3 is 2.64 bits per heavy atom. The van der Waals surface area contributed by atoms with E-state index in [1.54, 1.807) is 6.92 Å². The molecule has 11 heavy (non-hydrogen) atoms. The summed E-state index contributed by atoms with van der Waals surface area (Å²) in [6.07, 6.45) is 1.51. The SMILES string of the molecule is CC(CC=O)CC(N)C(=O)O. The number of carbonyl (C=O) groups is 2. The molecule has 0 aromatic rings. The molecular weight excluding hydrogens is 146 g/mol. The molecule has 4 heteroatoms. The van der Waals surface area contributed by atoms with Crippen LogP contribution in [0.2, 0.25) is 0 Å². The van der Waals surface area contributed by atoms with E-state index in [9.17, 15) is 9.59 Å². The number of carbonyl (C=O) groups excluding carboxylic acids is 1. The van der Waals surface area contributed by atoms with Crippen molar-refractivity contribution in [3.05, 3.63) is 0 Å². The normalized spacial score (nSPS) is 15.5. The Labute approximate surface area is 65.4 Å². The summed E-state index contributed by atoms with van der Waals surface area (Å²) in [5, 5.41) is 8.39. The molecule has 4 nitrogen and oxygen atoms in total. The molecule has 0 radical (unpaired) electrons. The monoisotopic (exact) mass is 159 g/mol. The van der Waals surface area contributed by atoms with Gasteiger partial charge in [0.1, 0.15) is 12.3 Å². The molecule has 0 saturated carbocycles. The smallest absolute Gasteiger partial charge is 0.320 e. The van der Waals surface area contributed by atoms with Gasteiger partial charge in [-0.15, -0.1) is 0 Å². The molecule has 0 rings (SSSR count). The Morgan fingerprint density at radius 1 is 1.73 bits per heavy atom. The van der Waals surface area contributed by atoms with Crippen LogP contribution in [0.4, 0.5) is 0 Å². The second-order valence-corrected chi connectivity index (χ2v) is 2.69. The molecule has 0 spiro atoms. The second kappa shape index (κ2) is 4.85. The number of carboxylic acid groups (broad SMARTS) is 1. The number of aliphatic carboxylic acids is 1. The van der Waals surface area contributed by atoms with Gasteiger partial charge in [0.05, 0.1) is 0 Å². The van der Waals surface area contributed by atoms with Crippen LogP contribution >= 0.6 is 0 Å². The summed E-state index contributed by atoms with van der Waals surface area (Å²) in [5.41, 5.74) is 5.23. The molecular formula is C7H13NO3. The average Bonchev–Trinajstić information content (AvgIpc) is 1.87. The van der Waals surface area contributed by atoms with Crippen LogP contribution < -0.4 is 5.73 Å². The molecule has 0 aromatic heterocycles. The van der Waals surface area contributed by atoms with Crippen LogP contribution in [0.3, 0.4) is 0 Å². The van der Waals surface area contributed by atoms with Crippen LogP contribution in [0.15, 0.2) is 0 Å². The lowest BCUT2D eigenvalue weighted by molar-refractivity contribution is -0.139. The Balaban J connectivity index is 3.64. The predicted octanol–water partition coefficient (Wildman–Crippen LogP) is 0.0135. The van der Waals surface area contributed by atoms with Crippen LogP contribution in [0.5, 0.6) is 0 Å². The van der Waals surface area contributed by atoms with Crippen LogP contribution in [-0.4, -0.2) is 23.4 Å². The highest BCUT2D eigenvalue weighted by molar-refractivity contribution is 5.73. The fourth-order valence-corrected chi connectivity index (χ4v) is 0.795. The van der Waals surface area contributed by atoms with Crippen LogP contribution in [0.1, 0.15) is 19.8 Å². The summed E-state index contributed by atoms with van der Waals surface area (Å²) in [6.45, 7) is 1.80. The Morgan fingerprint density at radius 2 is 2.27 bits per heavy atom. The lowest BCUT2D eigenvalue weighted by Crippen LogP contribution is -2.31. The van der Waals surface area contributed by atoms with E-state index in [0.29, 0.717) is 12.8 Å². The van der Waals surface area contributed by atoms with Gasteiger partial charge in [-0.3, -0.25) is 4.79 Å². The molecule has 0 aliphatic heterocycles. The van der Waals surface area contributed by atoms with E-state index in [-0.39, 0.29) is 5.92 Å². The van der Waals surface area contributed by atoms with Crippen molar-refractivity contribution >= 4 is 12.3 Å². The third-order valence-electron chi connectivity index (χ3n) is 1.47. The zero-order chi connectivity index (χ0) is 8.85.